The van der Waals surface area contributed by atoms with E-state index < -0.39 is 6.09 Å². The van der Waals surface area contributed by atoms with Gasteiger partial charge in [0, 0.05) is 10.7 Å². The van der Waals surface area contributed by atoms with Gasteiger partial charge in [-0.1, -0.05) is 11.6 Å². The Bertz CT molecular complexity index is 537. The van der Waals surface area contributed by atoms with E-state index in [4.69, 9.17) is 16.3 Å². The first-order valence-corrected chi connectivity index (χ1v) is 5.53. The zero-order valence-corrected chi connectivity index (χ0v) is 9.98. The number of anilines is 1. The smallest absolute Gasteiger partial charge is 0.138 e. The molecule has 92 valence electrons. The SMILES string of the molecule is O=C([O-])Nc1ccc(Oc2ccc(Cl)cc2)cc1. The van der Waals surface area contributed by atoms with Gasteiger partial charge in [-0.25, -0.2) is 0 Å². The summed E-state index contributed by atoms with van der Waals surface area (Å²) in [4.78, 5) is 10.3. The van der Waals surface area contributed by atoms with Crippen LogP contribution in [0.5, 0.6) is 11.5 Å². The van der Waals surface area contributed by atoms with Crippen LogP contribution in [-0.4, -0.2) is 6.09 Å². The zero-order valence-electron chi connectivity index (χ0n) is 9.22. The Morgan fingerprint density at radius 2 is 1.50 bits per heavy atom. The minimum atomic E-state index is -1.35. The molecule has 0 bridgehead atoms. The lowest BCUT2D eigenvalue weighted by molar-refractivity contribution is -0.242. The van der Waals surface area contributed by atoms with E-state index in [9.17, 15) is 9.90 Å². The number of hydrogen-bond acceptors (Lipinski definition) is 3. The minimum Gasteiger partial charge on any atom is -0.530 e. The first-order valence-electron chi connectivity index (χ1n) is 5.15. The van der Waals surface area contributed by atoms with Gasteiger partial charge in [0.05, 0.1) is 0 Å². The fourth-order valence-corrected chi connectivity index (χ4v) is 1.49. The fourth-order valence-electron chi connectivity index (χ4n) is 1.36. The normalized spacial score (nSPS) is 9.83. The van der Waals surface area contributed by atoms with Gasteiger partial charge in [-0.2, -0.15) is 0 Å². The van der Waals surface area contributed by atoms with Crippen molar-refractivity contribution >= 4 is 23.4 Å². The largest absolute Gasteiger partial charge is 0.530 e. The lowest BCUT2D eigenvalue weighted by Crippen LogP contribution is -2.28. The molecule has 4 nitrogen and oxygen atoms in total. The number of hydrogen-bond donors (Lipinski definition) is 1. The zero-order chi connectivity index (χ0) is 13.0. The van der Waals surface area contributed by atoms with Gasteiger partial charge in [0.2, 0.25) is 0 Å². The molecule has 0 aliphatic carbocycles. The maximum absolute atomic E-state index is 10.3. The molecule has 0 fully saturated rings. The first-order chi connectivity index (χ1) is 8.63. The summed E-state index contributed by atoms with van der Waals surface area (Å²) in [6, 6.07) is 13.4. The van der Waals surface area contributed by atoms with Crippen molar-refractivity contribution in [3.8, 4) is 11.5 Å². The average Bonchev–Trinajstić information content (AvgIpc) is 2.34. The van der Waals surface area contributed by atoms with E-state index in [0.29, 0.717) is 22.2 Å². The molecule has 0 atom stereocenters. The van der Waals surface area contributed by atoms with Crippen LogP contribution in [0.1, 0.15) is 0 Å². The van der Waals surface area contributed by atoms with Crippen LogP contribution in [0.2, 0.25) is 5.02 Å². The van der Waals surface area contributed by atoms with E-state index in [1.807, 2.05) is 0 Å². The summed E-state index contributed by atoms with van der Waals surface area (Å²) in [5.41, 5.74) is 0.429. The van der Waals surface area contributed by atoms with E-state index in [-0.39, 0.29) is 0 Å². The number of nitrogens with one attached hydrogen (secondary N) is 1. The van der Waals surface area contributed by atoms with Gasteiger partial charge in [-0.3, -0.25) is 0 Å². The van der Waals surface area contributed by atoms with E-state index in [1.165, 1.54) is 0 Å². The summed E-state index contributed by atoms with van der Waals surface area (Å²) >= 11 is 5.76. The highest BCUT2D eigenvalue weighted by Gasteiger charge is 1.98. The van der Waals surface area contributed by atoms with Gasteiger partial charge in [0.1, 0.15) is 17.6 Å². The monoisotopic (exact) mass is 262 g/mol. The molecule has 18 heavy (non-hydrogen) atoms. The maximum Gasteiger partial charge on any atom is 0.138 e. The molecule has 0 aromatic heterocycles. The second kappa shape index (κ2) is 5.42. The summed E-state index contributed by atoms with van der Waals surface area (Å²) in [5, 5.41) is 13.1. The molecule has 2 rings (SSSR count). The molecular formula is C13H9ClNO3-. The van der Waals surface area contributed by atoms with Crippen LogP contribution in [0, 0.1) is 0 Å². The molecule has 5 heteroatoms. The van der Waals surface area contributed by atoms with Gasteiger partial charge in [0.15, 0.2) is 0 Å². The molecule has 0 unspecified atom stereocenters. The number of rotatable bonds is 3. The van der Waals surface area contributed by atoms with Crippen molar-refractivity contribution < 1.29 is 14.6 Å². The van der Waals surface area contributed by atoms with Crippen molar-refractivity contribution in [3.63, 3.8) is 0 Å². The third-order valence-corrected chi connectivity index (χ3v) is 2.40. The molecule has 0 saturated carbocycles. The number of halogens is 1. The van der Waals surface area contributed by atoms with E-state index in [0.717, 1.165) is 0 Å². The molecule has 0 aliphatic heterocycles. The van der Waals surface area contributed by atoms with Crippen molar-refractivity contribution in [1.82, 2.24) is 0 Å². The van der Waals surface area contributed by atoms with Gasteiger partial charge >= 0.3 is 0 Å². The van der Waals surface area contributed by atoms with Gasteiger partial charge < -0.3 is 20.0 Å². The summed E-state index contributed by atoms with van der Waals surface area (Å²) in [6.07, 6.45) is -1.35. The highest BCUT2D eigenvalue weighted by atomic mass is 35.5. The van der Waals surface area contributed by atoms with E-state index >= 15 is 0 Å². The quantitative estimate of drug-likeness (QED) is 0.925. The number of carbonyl (C=O) groups excluding carboxylic acids is 1. The number of amides is 1. The Kier molecular flexibility index (Phi) is 3.69. The Balaban J connectivity index is 2.06. The molecule has 1 amide bonds. The molecule has 0 radical (unpaired) electrons. The molecule has 2 aromatic carbocycles. The van der Waals surface area contributed by atoms with Crippen molar-refractivity contribution in [2.24, 2.45) is 0 Å². The Morgan fingerprint density at radius 3 is 2.00 bits per heavy atom. The highest BCUT2D eigenvalue weighted by Crippen LogP contribution is 2.24. The average molecular weight is 263 g/mol. The minimum absolute atomic E-state index is 0.429. The lowest BCUT2D eigenvalue weighted by Gasteiger charge is -2.08. The van der Waals surface area contributed by atoms with Crippen LogP contribution in [0.15, 0.2) is 48.5 Å². The topological polar surface area (TPSA) is 61.4 Å². The van der Waals surface area contributed by atoms with Crippen LogP contribution in [0.25, 0.3) is 0 Å². The summed E-state index contributed by atoms with van der Waals surface area (Å²) in [6.45, 7) is 0. The molecule has 0 aliphatic rings. The second-order valence-electron chi connectivity index (χ2n) is 3.49. The van der Waals surface area contributed by atoms with Crippen LogP contribution >= 0.6 is 11.6 Å². The number of carboxylic acid groups (broad SMARTS) is 1. The molecular weight excluding hydrogens is 254 g/mol. The molecule has 1 N–H and O–H groups in total. The number of benzene rings is 2. The number of carbonyl (C=O) groups is 1. The number of ether oxygens (including phenoxy) is 1. The van der Waals surface area contributed by atoms with Gasteiger partial charge in [-0.15, -0.1) is 0 Å². The Hall–Kier alpha value is -2.20. The summed E-state index contributed by atoms with van der Waals surface area (Å²) in [7, 11) is 0. The van der Waals surface area contributed by atoms with Crippen molar-refractivity contribution in [1.29, 1.82) is 0 Å². The van der Waals surface area contributed by atoms with Crippen LogP contribution in [0.4, 0.5) is 10.5 Å². The highest BCUT2D eigenvalue weighted by molar-refractivity contribution is 6.30. The van der Waals surface area contributed by atoms with Gasteiger partial charge in [0.25, 0.3) is 0 Å². The summed E-state index contributed by atoms with van der Waals surface area (Å²) in [5.74, 6) is 1.25. The predicted molar refractivity (Wildman–Crippen MR) is 67.0 cm³/mol. The first kappa shape index (κ1) is 12.3. The maximum atomic E-state index is 10.3. The van der Waals surface area contributed by atoms with Gasteiger partial charge in [-0.05, 0) is 48.5 Å². The lowest BCUT2D eigenvalue weighted by atomic mass is 10.3. The predicted octanol–water partition coefficient (Wildman–Crippen LogP) is 2.89. The van der Waals surface area contributed by atoms with Crippen LogP contribution in [-0.2, 0) is 0 Å². The molecule has 2 aromatic rings. The fraction of sp³-hybridized carbons (Fsp3) is 0. The van der Waals surface area contributed by atoms with E-state index in [1.54, 1.807) is 48.5 Å². The van der Waals surface area contributed by atoms with Crippen LogP contribution < -0.4 is 15.2 Å². The second-order valence-corrected chi connectivity index (χ2v) is 3.93. The van der Waals surface area contributed by atoms with E-state index in [2.05, 4.69) is 5.32 Å². The summed E-state index contributed by atoms with van der Waals surface area (Å²) < 4.78 is 5.54. The Morgan fingerprint density at radius 1 is 1.00 bits per heavy atom. The standard InChI is InChI=1S/C13H10ClNO3/c14-9-1-5-11(6-2-9)18-12-7-3-10(4-8-12)15-13(16)17/h1-8,15H,(H,16,17)/p-1. The molecule has 0 spiro atoms. The van der Waals surface area contributed by atoms with Crippen LogP contribution in [0.3, 0.4) is 0 Å². The van der Waals surface area contributed by atoms with Crippen molar-refractivity contribution in [2.45, 2.75) is 0 Å². The molecule has 0 saturated heterocycles. The Labute approximate surface area is 109 Å². The van der Waals surface area contributed by atoms with Crippen molar-refractivity contribution in [3.05, 3.63) is 53.6 Å². The molecule has 0 heterocycles. The third kappa shape index (κ3) is 3.40. The third-order valence-electron chi connectivity index (χ3n) is 2.15. The van der Waals surface area contributed by atoms with Crippen molar-refractivity contribution in [2.75, 3.05) is 5.32 Å².